The largest absolute Gasteiger partial charge is 0.105 e. The van der Waals surface area contributed by atoms with Gasteiger partial charge in [-0.1, -0.05) is 24.4 Å². The van der Waals surface area contributed by atoms with Gasteiger partial charge in [-0.3, -0.25) is 0 Å². The maximum atomic E-state index is 4.93. The van der Waals surface area contributed by atoms with Crippen LogP contribution in [-0.4, -0.2) is 13.0 Å². The molecule has 0 saturated carbocycles. The van der Waals surface area contributed by atoms with Gasteiger partial charge in [-0.25, -0.2) is 0 Å². The standard InChI is InChI=1S/C6H10S4/c1-4(7)9-6(3)10-5(2)8/h6H,1-3H3. The highest BCUT2D eigenvalue weighted by Crippen LogP contribution is 2.25. The molecule has 0 saturated heterocycles. The maximum absolute atomic E-state index is 4.93. The lowest BCUT2D eigenvalue weighted by Gasteiger charge is -2.06. The molecule has 0 amide bonds. The van der Waals surface area contributed by atoms with Crippen molar-refractivity contribution in [3.63, 3.8) is 0 Å². The molecule has 0 aliphatic carbocycles. The quantitative estimate of drug-likeness (QED) is 0.505. The van der Waals surface area contributed by atoms with Gasteiger partial charge in [0.2, 0.25) is 0 Å². The summed E-state index contributed by atoms with van der Waals surface area (Å²) in [6.45, 7) is 5.99. The first kappa shape index (κ1) is 10.9. The van der Waals surface area contributed by atoms with E-state index in [0.29, 0.717) is 4.58 Å². The number of rotatable bonds is 2. The summed E-state index contributed by atoms with van der Waals surface area (Å²) in [5.74, 6) is 0. The number of thioether (sulfide) groups is 2. The van der Waals surface area contributed by atoms with Crippen molar-refractivity contribution >= 4 is 56.4 Å². The highest BCUT2D eigenvalue weighted by molar-refractivity contribution is 8.36. The van der Waals surface area contributed by atoms with Crippen molar-refractivity contribution in [1.29, 1.82) is 0 Å². The first-order valence-corrected chi connectivity index (χ1v) is 5.44. The van der Waals surface area contributed by atoms with E-state index in [-0.39, 0.29) is 0 Å². The lowest BCUT2D eigenvalue weighted by Crippen LogP contribution is -1.94. The smallest absolute Gasteiger partial charge is 0.0578 e. The molecule has 0 aliphatic rings. The molecule has 0 aromatic heterocycles. The summed E-state index contributed by atoms with van der Waals surface area (Å²) in [6, 6.07) is 0. The Kier molecular flexibility index (Phi) is 6.01. The second-order valence-electron chi connectivity index (χ2n) is 1.79. The van der Waals surface area contributed by atoms with Crippen LogP contribution in [-0.2, 0) is 0 Å². The fourth-order valence-electron chi connectivity index (χ4n) is 0.491. The van der Waals surface area contributed by atoms with Crippen LogP contribution in [0.25, 0.3) is 0 Å². The third kappa shape index (κ3) is 6.99. The van der Waals surface area contributed by atoms with E-state index in [2.05, 4.69) is 6.92 Å². The Morgan fingerprint density at radius 3 is 1.60 bits per heavy atom. The van der Waals surface area contributed by atoms with Gasteiger partial charge in [0.05, 0.1) is 4.58 Å². The molecule has 0 nitrogen and oxygen atoms in total. The van der Waals surface area contributed by atoms with Gasteiger partial charge in [0, 0.05) is 8.39 Å². The minimum absolute atomic E-state index is 0.468. The van der Waals surface area contributed by atoms with E-state index in [1.165, 1.54) is 0 Å². The minimum atomic E-state index is 0.468. The lowest BCUT2D eigenvalue weighted by atomic mass is 10.9. The van der Waals surface area contributed by atoms with Gasteiger partial charge in [0.15, 0.2) is 0 Å². The Morgan fingerprint density at radius 1 is 1.10 bits per heavy atom. The van der Waals surface area contributed by atoms with Crippen LogP contribution in [0.2, 0.25) is 0 Å². The van der Waals surface area contributed by atoms with Gasteiger partial charge in [-0.05, 0) is 20.8 Å². The molecule has 0 rings (SSSR count). The Hall–Kier alpha value is 0.880. The zero-order valence-corrected chi connectivity index (χ0v) is 9.48. The molecule has 4 heteroatoms. The van der Waals surface area contributed by atoms with E-state index in [9.17, 15) is 0 Å². The third-order valence-electron chi connectivity index (χ3n) is 0.664. The molecular weight excluding hydrogens is 200 g/mol. The Bertz CT molecular complexity index is 125. The van der Waals surface area contributed by atoms with Gasteiger partial charge in [-0.2, -0.15) is 0 Å². The molecule has 0 aromatic carbocycles. The Morgan fingerprint density at radius 2 is 1.40 bits per heavy atom. The van der Waals surface area contributed by atoms with Crippen molar-refractivity contribution in [3.8, 4) is 0 Å². The number of hydrogen-bond acceptors (Lipinski definition) is 4. The van der Waals surface area contributed by atoms with E-state index in [4.69, 9.17) is 24.4 Å². The predicted octanol–water partition coefficient (Wildman–Crippen LogP) is 3.49. The van der Waals surface area contributed by atoms with Gasteiger partial charge in [-0.15, -0.1) is 23.5 Å². The summed E-state index contributed by atoms with van der Waals surface area (Å²) < 4.78 is 2.43. The molecule has 0 bridgehead atoms. The summed E-state index contributed by atoms with van der Waals surface area (Å²) in [4.78, 5) is 0. The van der Waals surface area contributed by atoms with Crippen LogP contribution in [0.4, 0.5) is 0 Å². The maximum Gasteiger partial charge on any atom is 0.0578 e. The lowest BCUT2D eigenvalue weighted by molar-refractivity contribution is 1.44. The highest BCUT2D eigenvalue weighted by atomic mass is 32.2. The number of hydrogen-bond donors (Lipinski definition) is 0. The van der Waals surface area contributed by atoms with Crippen molar-refractivity contribution in [1.82, 2.24) is 0 Å². The van der Waals surface area contributed by atoms with Gasteiger partial charge in [0.1, 0.15) is 0 Å². The topological polar surface area (TPSA) is 0 Å². The molecule has 0 heterocycles. The fraction of sp³-hybridized carbons (Fsp3) is 0.667. The molecule has 10 heavy (non-hydrogen) atoms. The van der Waals surface area contributed by atoms with Crippen molar-refractivity contribution in [2.45, 2.75) is 25.4 Å². The summed E-state index contributed by atoms with van der Waals surface area (Å²) in [5.41, 5.74) is 0. The Balaban J connectivity index is 3.53. The molecule has 0 N–H and O–H groups in total. The second kappa shape index (κ2) is 5.52. The normalized spacial score (nSPS) is 10.0. The van der Waals surface area contributed by atoms with Crippen molar-refractivity contribution in [3.05, 3.63) is 0 Å². The summed E-state index contributed by atoms with van der Waals surface area (Å²) in [6.07, 6.45) is 0. The highest BCUT2D eigenvalue weighted by Gasteiger charge is 2.04. The monoisotopic (exact) mass is 210 g/mol. The van der Waals surface area contributed by atoms with Crippen molar-refractivity contribution < 1.29 is 0 Å². The summed E-state index contributed by atoms with van der Waals surface area (Å²) in [7, 11) is 0. The zero-order valence-electron chi connectivity index (χ0n) is 6.21. The third-order valence-corrected chi connectivity index (χ3v) is 3.15. The fourth-order valence-corrected chi connectivity index (χ4v) is 3.72. The molecule has 0 radical (unpaired) electrons. The van der Waals surface area contributed by atoms with E-state index in [0.717, 1.165) is 8.39 Å². The summed E-state index contributed by atoms with van der Waals surface area (Å²) in [5, 5.41) is 0. The molecule has 0 atom stereocenters. The van der Waals surface area contributed by atoms with Crippen LogP contribution < -0.4 is 0 Å². The van der Waals surface area contributed by atoms with E-state index >= 15 is 0 Å². The van der Waals surface area contributed by atoms with Crippen LogP contribution in [0, 0.1) is 0 Å². The average molecular weight is 210 g/mol. The van der Waals surface area contributed by atoms with E-state index in [1.54, 1.807) is 23.5 Å². The zero-order chi connectivity index (χ0) is 8.15. The average Bonchev–Trinajstić information content (AvgIpc) is 1.58. The van der Waals surface area contributed by atoms with Crippen LogP contribution >= 0.6 is 48.0 Å². The first-order chi connectivity index (χ1) is 4.52. The van der Waals surface area contributed by atoms with Crippen LogP contribution in [0.5, 0.6) is 0 Å². The van der Waals surface area contributed by atoms with Gasteiger partial charge >= 0.3 is 0 Å². The molecule has 0 fully saturated rings. The predicted molar refractivity (Wildman–Crippen MR) is 61.2 cm³/mol. The van der Waals surface area contributed by atoms with Crippen LogP contribution in [0.3, 0.4) is 0 Å². The van der Waals surface area contributed by atoms with Crippen molar-refractivity contribution in [2.75, 3.05) is 0 Å². The molecule has 0 aliphatic heterocycles. The second-order valence-corrected chi connectivity index (χ2v) is 6.94. The van der Waals surface area contributed by atoms with Crippen molar-refractivity contribution in [2.24, 2.45) is 0 Å². The molecular formula is C6H10S4. The van der Waals surface area contributed by atoms with Crippen LogP contribution in [0.15, 0.2) is 0 Å². The van der Waals surface area contributed by atoms with Gasteiger partial charge in [0.25, 0.3) is 0 Å². The Labute approximate surface area is 81.5 Å². The molecule has 0 aromatic rings. The van der Waals surface area contributed by atoms with Gasteiger partial charge < -0.3 is 0 Å². The first-order valence-electron chi connectivity index (χ1n) is 2.87. The number of thiocarbonyl (C=S) groups is 2. The van der Waals surface area contributed by atoms with E-state index < -0.39 is 0 Å². The molecule has 0 spiro atoms. The summed E-state index contributed by atoms with van der Waals surface area (Å²) >= 11 is 13.2. The molecule has 58 valence electrons. The minimum Gasteiger partial charge on any atom is -0.105 e. The van der Waals surface area contributed by atoms with E-state index in [1.807, 2.05) is 13.8 Å². The van der Waals surface area contributed by atoms with Crippen LogP contribution in [0.1, 0.15) is 20.8 Å². The molecule has 0 unspecified atom stereocenters. The SMILES string of the molecule is CC(=S)SC(C)SC(C)=S.